The fourth-order valence-corrected chi connectivity index (χ4v) is 1.93. The first-order valence-electron chi connectivity index (χ1n) is 7.19. The molecule has 0 fully saturated rings. The predicted octanol–water partition coefficient (Wildman–Crippen LogP) is 2.33. The summed E-state index contributed by atoms with van der Waals surface area (Å²) in [4.78, 5) is 16.5. The molecular formula is C15H17N5O3. The standard InChI is InChI=1S/C15H17N5O3/c1-9(12-17-14(19-23-12)15(2,3)4)22-13(21)10-5-6-11-18-16-8-20(11)7-10/h5-9H,1-4H3. The van der Waals surface area contributed by atoms with Crippen LogP contribution in [0, 0.1) is 0 Å². The molecular weight excluding hydrogens is 298 g/mol. The lowest BCUT2D eigenvalue weighted by Crippen LogP contribution is -2.14. The van der Waals surface area contributed by atoms with Crippen LogP contribution in [0.5, 0.6) is 0 Å². The lowest BCUT2D eigenvalue weighted by atomic mass is 9.96. The molecule has 3 heterocycles. The monoisotopic (exact) mass is 315 g/mol. The molecule has 120 valence electrons. The second-order valence-electron chi connectivity index (χ2n) is 6.27. The number of hydrogen-bond donors (Lipinski definition) is 0. The van der Waals surface area contributed by atoms with Crippen LogP contribution in [0.1, 0.15) is 55.9 Å². The second-order valence-corrected chi connectivity index (χ2v) is 6.27. The second kappa shape index (κ2) is 5.45. The quantitative estimate of drug-likeness (QED) is 0.684. The average Bonchev–Trinajstić information content (AvgIpc) is 3.14. The van der Waals surface area contributed by atoms with Gasteiger partial charge < -0.3 is 9.26 Å². The highest BCUT2D eigenvalue weighted by molar-refractivity contribution is 5.89. The molecule has 0 aliphatic rings. The third-order valence-electron chi connectivity index (χ3n) is 3.27. The Labute approximate surface area is 132 Å². The summed E-state index contributed by atoms with van der Waals surface area (Å²) in [6, 6.07) is 3.33. The van der Waals surface area contributed by atoms with E-state index in [1.54, 1.807) is 29.7 Å². The van der Waals surface area contributed by atoms with Crippen molar-refractivity contribution in [3.05, 3.63) is 41.9 Å². The number of aromatic nitrogens is 5. The van der Waals surface area contributed by atoms with E-state index in [1.165, 1.54) is 6.33 Å². The van der Waals surface area contributed by atoms with Crippen molar-refractivity contribution in [1.82, 2.24) is 24.7 Å². The van der Waals surface area contributed by atoms with Crippen molar-refractivity contribution >= 4 is 11.6 Å². The third-order valence-corrected chi connectivity index (χ3v) is 3.27. The zero-order chi connectivity index (χ0) is 16.6. The molecule has 0 bridgehead atoms. The normalized spacial score (nSPS) is 13.2. The van der Waals surface area contributed by atoms with Gasteiger partial charge in [-0.1, -0.05) is 25.9 Å². The van der Waals surface area contributed by atoms with Gasteiger partial charge in [-0.3, -0.25) is 4.40 Å². The first kappa shape index (κ1) is 15.1. The van der Waals surface area contributed by atoms with E-state index >= 15 is 0 Å². The predicted molar refractivity (Wildman–Crippen MR) is 79.8 cm³/mol. The maximum Gasteiger partial charge on any atom is 0.340 e. The lowest BCUT2D eigenvalue weighted by molar-refractivity contribution is 0.0265. The Morgan fingerprint density at radius 1 is 1.35 bits per heavy atom. The molecule has 0 spiro atoms. The van der Waals surface area contributed by atoms with Crippen molar-refractivity contribution in [2.24, 2.45) is 0 Å². The summed E-state index contributed by atoms with van der Waals surface area (Å²) in [6.45, 7) is 7.63. The maximum atomic E-state index is 12.2. The van der Waals surface area contributed by atoms with Gasteiger partial charge in [0, 0.05) is 11.6 Å². The van der Waals surface area contributed by atoms with Crippen molar-refractivity contribution in [2.75, 3.05) is 0 Å². The molecule has 3 rings (SSSR count). The fraction of sp³-hybridized carbons (Fsp3) is 0.400. The Balaban J connectivity index is 1.75. The molecule has 1 atom stereocenters. The minimum absolute atomic E-state index is 0.231. The Bertz CT molecular complexity index is 846. The van der Waals surface area contributed by atoms with Gasteiger partial charge in [0.15, 0.2) is 17.6 Å². The minimum Gasteiger partial charge on any atom is -0.449 e. The number of rotatable bonds is 3. The number of hydrogen-bond acceptors (Lipinski definition) is 7. The van der Waals surface area contributed by atoms with Crippen LogP contribution in [0.2, 0.25) is 0 Å². The molecule has 0 saturated heterocycles. The molecule has 0 amide bonds. The average molecular weight is 315 g/mol. The van der Waals surface area contributed by atoms with Crippen molar-refractivity contribution in [3.63, 3.8) is 0 Å². The van der Waals surface area contributed by atoms with Gasteiger partial charge >= 0.3 is 5.97 Å². The number of pyridine rings is 1. The summed E-state index contributed by atoms with van der Waals surface area (Å²) in [5, 5.41) is 11.6. The van der Waals surface area contributed by atoms with E-state index in [2.05, 4.69) is 20.3 Å². The number of ether oxygens (including phenoxy) is 1. The van der Waals surface area contributed by atoms with E-state index in [4.69, 9.17) is 9.26 Å². The third kappa shape index (κ3) is 3.05. The van der Waals surface area contributed by atoms with Gasteiger partial charge in [-0.05, 0) is 19.1 Å². The summed E-state index contributed by atoms with van der Waals surface area (Å²) in [7, 11) is 0. The molecule has 3 aromatic heterocycles. The van der Waals surface area contributed by atoms with Gasteiger partial charge in [0.25, 0.3) is 5.89 Å². The highest BCUT2D eigenvalue weighted by Gasteiger charge is 2.25. The number of carbonyl (C=O) groups is 1. The first-order valence-corrected chi connectivity index (χ1v) is 7.19. The molecule has 1 unspecified atom stereocenters. The smallest absolute Gasteiger partial charge is 0.340 e. The molecule has 0 saturated carbocycles. The van der Waals surface area contributed by atoms with Crippen LogP contribution >= 0.6 is 0 Å². The van der Waals surface area contributed by atoms with E-state index < -0.39 is 12.1 Å². The molecule has 0 aliphatic heterocycles. The van der Waals surface area contributed by atoms with Crippen LogP contribution in [-0.4, -0.2) is 30.7 Å². The zero-order valence-electron chi connectivity index (χ0n) is 13.3. The highest BCUT2D eigenvalue weighted by atomic mass is 16.6. The summed E-state index contributed by atoms with van der Waals surface area (Å²) >= 11 is 0. The van der Waals surface area contributed by atoms with E-state index in [0.717, 1.165) is 0 Å². The maximum absolute atomic E-state index is 12.2. The Kier molecular flexibility index (Phi) is 3.59. The van der Waals surface area contributed by atoms with Gasteiger partial charge in [0.1, 0.15) is 6.33 Å². The molecule has 0 radical (unpaired) electrons. The minimum atomic E-state index is -0.636. The number of carbonyl (C=O) groups excluding carboxylic acids is 1. The molecule has 23 heavy (non-hydrogen) atoms. The molecule has 8 heteroatoms. The number of esters is 1. The van der Waals surface area contributed by atoms with E-state index in [0.29, 0.717) is 17.0 Å². The van der Waals surface area contributed by atoms with Crippen LogP contribution in [0.25, 0.3) is 5.65 Å². The summed E-state index contributed by atoms with van der Waals surface area (Å²) in [5.74, 6) is 0.360. The number of fused-ring (bicyclic) bond motifs is 1. The van der Waals surface area contributed by atoms with Crippen molar-refractivity contribution in [3.8, 4) is 0 Å². The fourth-order valence-electron chi connectivity index (χ4n) is 1.93. The highest BCUT2D eigenvalue weighted by Crippen LogP contribution is 2.23. The largest absolute Gasteiger partial charge is 0.449 e. The molecule has 0 N–H and O–H groups in total. The summed E-state index contributed by atoms with van der Waals surface area (Å²) in [5.41, 5.74) is 0.811. The van der Waals surface area contributed by atoms with Gasteiger partial charge in [-0.25, -0.2) is 4.79 Å². The Hall–Kier alpha value is -2.77. The summed E-state index contributed by atoms with van der Waals surface area (Å²) in [6.07, 6.45) is 2.49. The van der Waals surface area contributed by atoms with Gasteiger partial charge in [0.05, 0.1) is 5.56 Å². The molecule has 0 aliphatic carbocycles. The van der Waals surface area contributed by atoms with Crippen LogP contribution in [-0.2, 0) is 10.2 Å². The topological polar surface area (TPSA) is 95.4 Å². The Morgan fingerprint density at radius 2 is 2.13 bits per heavy atom. The van der Waals surface area contributed by atoms with E-state index in [1.807, 2.05) is 20.8 Å². The van der Waals surface area contributed by atoms with E-state index in [-0.39, 0.29) is 11.3 Å². The number of nitrogens with zero attached hydrogens (tertiary/aromatic N) is 5. The van der Waals surface area contributed by atoms with Crippen molar-refractivity contribution < 1.29 is 14.1 Å². The van der Waals surface area contributed by atoms with Gasteiger partial charge in [-0.2, -0.15) is 4.98 Å². The van der Waals surface area contributed by atoms with Crippen LogP contribution < -0.4 is 0 Å². The van der Waals surface area contributed by atoms with Crippen molar-refractivity contribution in [1.29, 1.82) is 0 Å². The molecule has 8 nitrogen and oxygen atoms in total. The first-order chi connectivity index (χ1) is 10.8. The van der Waals surface area contributed by atoms with E-state index in [9.17, 15) is 4.79 Å². The van der Waals surface area contributed by atoms with Gasteiger partial charge in [-0.15, -0.1) is 10.2 Å². The van der Waals surface area contributed by atoms with Gasteiger partial charge in [0.2, 0.25) is 0 Å². The summed E-state index contributed by atoms with van der Waals surface area (Å²) < 4.78 is 12.2. The van der Waals surface area contributed by atoms with Crippen LogP contribution in [0.3, 0.4) is 0 Å². The molecule has 0 aromatic carbocycles. The lowest BCUT2D eigenvalue weighted by Gasteiger charge is -2.11. The SMILES string of the molecule is CC(OC(=O)c1ccc2nncn2c1)c1nc(C(C)(C)C)no1. The van der Waals surface area contributed by atoms with Crippen LogP contribution in [0.4, 0.5) is 0 Å². The Morgan fingerprint density at radius 3 is 2.83 bits per heavy atom. The molecule has 3 aromatic rings. The zero-order valence-corrected chi connectivity index (χ0v) is 13.3. The van der Waals surface area contributed by atoms with Crippen LogP contribution in [0.15, 0.2) is 29.2 Å². The van der Waals surface area contributed by atoms with Crippen molar-refractivity contribution in [2.45, 2.75) is 39.2 Å².